The first-order valence-corrected chi connectivity index (χ1v) is 8.55. The Morgan fingerprint density at radius 1 is 1.10 bits per heavy atom. The number of carbonyl (C=O) groups excluding carboxylic acids is 2. The van der Waals surface area contributed by atoms with E-state index in [4.69, 9.17) is 11.5 Å². The van der Waals surface area contributed by atoms with Crippen molar-refractivity contribution in [3.63, 3.8) is 0 Å². The Morgan fingerprint density at radius 3 is 2.66 bits per heavy atom. The molecule has 1 heterocycles. The molecule has 0 spiro atoms. The number of primary amides is 1. The summed E-state index contributed by atoms with van der Waals surface area (Å²) in [6.07, 6.45) is 1.70. The molecule has 3 rings (SSSR count). The molecule has 2 aromatic carbocycles. The predicted octanol–water partition coefficient (Wildman–Crippen LogP) is 1.96. The van der Waals surface area contributed by atoms with Crippen LogP contribution >= 0.6 is 0 Å². The van der Waals surface area contributed by atoms with Gasteiger partial charge in [0, 0.05) is 24.1 Å². The number of nitrogens with zero attached hydrogens (tertiary/aromatic N) is 2. The summed E-state index contributed by atoms with van der Waals surface area (Å²) in [4.78, 5) is 31.7. The van der Waals surface area contributed by atoms with E-state index in [2.05, 4.69) is 15.3 Å². The number of anilines is 1. The van der Waals surface area contributed by atoms with Gasteiger partial charge in [0.25, 0.3) is 11.8 Å². The molecule has 0 saturated heterocycles. The van der Waals surface area contributed by atoms with Gasteiger partial charge in [0.2, 0.25) is 0 Å². The molecule has 9 heteroatoms. The third-order valence-electron chi connectivity index (χ3n) is 4.11. The number of aromatic nitrogens is 2. The highest BCUT2D eigenvalue weighted by molar-refractivity contribution is 5.95. The summed E-state index contributed by atoms with van der Waals surface area (Å²) in [5.41, 5.74) is 12.2. The summed E-state index contributed by atoms with van der Waals surface area (Å²) in [7, 11) is 0. The Bertz CT molecular complexity index is 1090. The first-order valence-electron chi connectivity index (χ1n) is 8.55. The van der Waals surface area contributed by atoms with E-state index < -0.39 is 23.4 Å². The fraction of sp³-hybridized carbons (Fsp3) is 0.100. The van der Waals surface area contributed by atoms with Crippen LogP contribution in [0.1, 0.15) is 37.7 Å². The Morgan fingerprint density at radius 2 is 1.90 bits per heavy atom. The van der Waals surface area contributed by atoms with Crippen LogP contribution in [0.5, 0.6) is 0 Å². The lowest BCUT2D eigenvalue weighted by molar-refractivity contribution is 0.0949. The number of nitrogens with two attached hydrogens (primary N) is 2. The molecule has 0 radical (unpaired) electrons. The van der Waals surface area contributed by atoms with Crippen LogP contribution in [0.15, 0.2) is 48.7 Å². The highest BCUT2D eigenvalue weighted by atomic mass is 19.1. The Labute approximate surface area is 164 Å². The summed E-state index contributed by atoms with van der Waals surface area (Å²) in [6, 6.07) is 9.70. The van der Waals surface area contributed by atoms with Gasteiger partial charge in [0.15, 0.2) is 11.5 Å². The highest BCUT2D eigenvalue weighted by Crippen LogP contribution is 2.13. The second-order valence-corrected chi connectivity index (χ2v) is 6.26. The van der Waals surface area contributed by atoms with Gasteiger partial charge in [-0.3, -0.25) is 9.59 Å². The van der Waals surface area contributed by atoms with Crippen molar-refractivity contribution in [3.8, 4) is 0 Å². The van der Waals surface area contributed by atoms with Crippen molar-refractivity contribution in [2.75, 3.05) is 5.73 Å². The maximum atomic E-state index is 13.7. The number of amides is 2. The molecule has 5 N–H and O–H groups in total. The molecule has 0 unspecified atom stereocenters. The van der Waals surface area contributed by atoms with E-state index in [0.29, 0.717) is 11.3 Å². The van der Waals surface area contributed by atoms with Crippen molar-refractivity contribution in [2.45, 2.75) is 13.0 Å². The van der Waals surface area contributed by atoms with Gasteiger partial charge in [-0.15, -0.1) is 0 Å². The normalized spacial score (nSPS) is 10.6. The van der Waals surface area contributed by atoms with Gasteiger partial charge >= 0.3 is 0 Å². The molecule has 1 aromatic heterocycles. The maximum Gasteiger partial charge on any atom is 0.271 e. The predicted molar refractivity (Wildman–Crippen MR) is 102 cm³/mol. The lowest BCUT2D eigenvalue weighted by Gasteiger charge is -2.09. The molecule has 7 nitrogen and oxygen atoms in total. The number of nitrogens with one attached hydrogen (secondary N) is 1. The quantitative estimate of drug-likeness (QED) is 0.587. The summed E-state index contributed by atoms with van der Waals surface area (Å²) < 4.78 is 26.9. The summed E-state index contributed by atoms with van der Waals surface area (Å²) in [6.45, 7) is -0.155. The van der Waals surface area contributed by atoms with Gasteiger partial charge < -0.3 is 16.8 Å². The van der Waals surface area contributed by atoms with Crippen LogP contribution in [0.25, 0.3) is 0 Å². The largest absolute Gasteiger partial charge is 0.382 e. The molecule has 29 heavy (non-hydrogen) atoms. The van der Waals surface area contributed by atoms with Crippen molar-refractivity contribution < 1.29 is 18.4 Å². The van der Waals surface area contributed by atoms with E-state index in [1.54, 1.807) is 24.3 Å². The fourth-order valence-electron chi connectivity index (χ4n) is 2.69. The van der Waals surface area contributed by atoms with E-state index in [1.165, 1.54) is 6.20 Å². The number of hydrogen-bond donors (Lipinski definition) is 3. The minimum atomic E-state index is -0.783. The van der Waals surface area contributed by atoms with Gasteiger partial charge in [0.1, 0.15) is 11.6 Å². The topological polar surface area (TPSA) is 124 Å². The average Bonchev–Trinajstić information content (AvgIpc) is 2.70. The third-order valence-corrected chi connectivity index (χ3v) is 4.11. The van der Waals surface area contributed by atoms with Crippen molar-refractivity contribution in [2.24, 2.45) is 5.73 Å². The van der Waals surface area contributed by atoms with E-state index in [1.807, 2.05) is 0 Å². The van der Waals surface area contributed by atoms with Crippen LogP contribution in [-0.2, 0) is 13.0 Å². The van der Waals surface area contributed by atoms with E-state index in [-0.39, 0.29) is 30.0 Å². The summed E-state index contributed by atoms with van der Waals surface area (Å²) in [5, 5.41) is 2.55. The van der Waals surface area contributed by atoms with Gasteiger partial charge in [-0.1, -0.05) is 12.1 Å². The third kappa shape index (κ3) is 4.89. The van der Waals surface area contributed by atoms with Crippen LogP contribution in [-0.4, -0.2) is 21.8 Å². The van der Waals surface area contributed by atoms with Gasteiger partial charge in [-0.25, -0.2) is 18.7 Å². The minimum Gasteiger partial charge on any atom is -0.382 e. The molecule has 0 atom stereocenters. The number of halogens is 2. The Balaban J connectivity index is 1.72. The average molecular weight is 397 g/mol. The summed E-state index contributed by atoms with van der Waals surface area (Å²) >= 11 is 0. The molecule has 148 valence electrons. The van der Waals surface area contributed by atoms with Gasteiger partial charge in [0.05, 0.1) is 11.9 Å². The SMILES string of the molecule is NC(=O)c1nc(Cc2cccc(C(=O)NCc3cc(F)ccc3F)c2)cnc1N. The lowest BCUT2D eigenvalue weighted by Crippen LogP contribution is -2.23. The van der Waals surface area contributed by atoms with Crippen LogP contribution in [0.3, 0.4) is 0 Å². The second-order valence-electron chi connectivity index (χ2n) is 6.26. The standard InChI is InChI=1S/C20H17F2N5O2/c21-14-4-5-16(22)13(8-14)9-26-20(29)12-3-1-2-11(6-12)7-15-10-25-18(23)17(27-15)19(24)28/h1-6,8,10H,7,9H2,(H2,23,25)(H2,24,28)(H,26,29). The van der Waals surface area contributed by atoms with E-state index >= 15 is 0 Å². The van der Waals surface area contributed by atoms with Crippen molar-refractivity contribution >= 4 is 17.6 Å². The number of hydrogen-bond acceptors (Lipinski definition) is 5. The second kappa shape index (κ2) is 8.42. The van der Waals surface area contributed by atoms with Crippen molar-refractivity contribution in [1.82, 2.24) is 15.3 Å². The van der Waals surface area contributed by atoms with E-state index in [0.717, 1.165) is 23.8 Å². The van der Waals surface area contributed by atoms with Crippen molar-refractivity contribution in [1.29, 1.82) is 0 Å². The number of carbonyl (C=O) groups is 2. The fourth-order valence-corrected chi connectivity index (χ4v) is 2.69. The summed E-state index contributed by atoms with van der Waals surface area (Å²) in [5.74, 6) is -2.48. The van der Waals surface area contributed by atoms with Gasteiger partial charge in [-0.05, 0) is 35.9 Å². The molecule has 0 fully saturated rings. The van der Waals surface area contributed by atoms with Crippen LogP contribution in [0, 0.1) is 11.6 Å². The molecule has 2 amide bonds. The molecular weight excluding hydrogens is 380 g/mol. The molecule has 3 aromatic rings. The molecule has 0 aliphatic rings. The Kier molecular flexibility index (Phi) is 5.77. The van der Waals surface area contributed by atoms with Crippen LogP contribution in [0.2, 0.25) is 0 Å². The minimum absolute atomic E-state index is 0.0469. The van der Waals surface area contributed by atoms with E-state index in [9.17, 15) is 18.4 Å². The first kappa shape index (κ1) is 19.9. The molecular formula is C20H17F2N5O2. The zero-order valence-electron chi connectivity index (χ0n) is 15.2. The van der Waals surface area contributed by atoms with Crippen LogP contribution in [0.4, 0.5) is 14.6 Å². The van der Waals surface area contributed by atoms with Crippen LogP contribution < -0.4 is 16.8 Å². The molecule has 0 bridgehead atoms. The highest BCUT2D eigenvalue weighted by Gasteiger charge is 2.12. The van der Waals surface area contributed by atoms with Gasteiger partial charge in [-0.2, -0.15) is 0 Å². The number of benzene rings is 2. The molecule has 0 saturated carbocycles. The molecule has 0 aliphatic heterocycles. The molecule has 0 aliphatic carbocycles. The Hall–Kier alpha value is -3.88. The number of nitrogen functional groups attached to an aromatic ring is 1. The zero-order valence-corrected chi connectivity index (χ0v) is 15.2. The smallest absolute Gasteiger partial charge is 0.271 e. The zero-order chi connectivity index (χ0) is 21.0. The number of rotatable bonds is 6. The maximum absolute atomic E-state index is 13.7. The van der Waals surface area contributed by atoms with Crippen molar-refractivity contribution in [3.05, 3.63) is 88.4 Å². The monoisotopic (exact) mass is 397 g/mol. The lowest BCUT2D eigenvalue weighted by atomic mass is 10.1. The first-order chi connectivity index (χ1) is 13.8.